The Balaban J connectivity index is 1.16. The second kappa shape index (κ2) is 10.9. The van der Waals surface area contributed by atoms with E-state index in [0.29, 0.717) is 0 Å². The molecule has 0 spiro atoms. The lowest BCUT2D eigenvalue weighted by Crippen LogP contribution is -2.06. The van der Waals surface area contributed by atoms with Crippen LogP contribution in [0.3, 0.4) is 0 Å². The van der Waals surface area contributed by atoms with Gasteiger partial charge in [0.25, 0.3) is 0 Å². The maximum Gasteiger partial charge on any atom is 0.140 e. The highest BCUT2D eigenvalue weighted by molar-refractivity contribution is 6.11. The fourth-order valence-corrected chi connectivity index (χ4v) is 8.54. The normalized spacial score (nSPS) is 13.6. The van der Waals surface area contributed by atoms with Crippen molar-refractivity contribution in [1.29, 1.82) is 0 Å². The van der Waals surface area contributed by atoms with Gasteiger partial charge in [0.2, 0.25) is 0 Å². The van der Waals surface area contributed by atoms with E-state index in [9.17, 15) is 0 Å². The number of allylic oxidation sites excluding steroid dienone is 4. The van der Waals surface area contributed by atoms with Crippen molar-refractivity contribution in [2.75, 3.05) is 0 Å². The predicted molar refractivity (Wildman–Crippen MR) is 214 cm³/mol. The molecule has 0 saturated heterocycles. The van der Waals surface area contributed by atoms with Crippen LogP contribution in [0.4, 0.5) is 0 Å². The minimum Gasteiger partial charge on any atom is -0.313 e. The van der Waals surface area contributed by atoms with E-state index in [1.807, 2.05) is 0 Å². The topological polar surface area (TPSA) is 27.7 Å². The van der Waals surface area contributed by atoms with Gasteiger partial charge >= 0.3 is 0 Å². The number of nitrogens with zero attached hydrogens (tertiary/aromatic N) is 4. The molecule has 11 rings (SSSR count). The molecule has 6 aromatic carbocycles. The van der Waals surface area contributed by atoms with Gasteiger partial charge in [-0.3, -0.25) is 4.57 Å². The molecule has 0 radical (unpaired) electrons. The van der Waals surface area contributed by atoms with Crippen LogP contribution in [0.25, 0.3) is 88.2 Å². The Labute approximate surface area is 294 Å². The number of hydrogen-bond acceptors (Lipinski definition) is 1. The van der Waals surface area contributed by atoms with Gasteiger partial charge in [-0.25, -0.2) is 4.98 Å². The summed E-state index contributed by atoms with van der Waals surface area (Å²) in [5.74, 6) is 0.917. The van der Waals surface area contributed by atoms with E-state index in [1.165, 1.54) is 65.7 Å². The summed E-state index contributed by atoms with van der Waals surface area (Å²) in [6.07, 6.45) is 6.42. The summed E-state index contributed by atoms with van der Waals surface area (Å²) in [7, 11) is 0. The molecule has 0 N–H and O–H groups in total. The molecule has 0 aliphatic heterocycles. The van der Waals surface area contributed by atoms with E-state index < -0.39 is 0 Å². The maximum absolute atomic E-state index is 5.50. The third-order valence-corrected chi connectivity index (χ3v) is 10.8. The van der Waals surface area contributed by atoms with Crippen LogP contribution in [-0.4, -0.2) is 18.7 Å². The number of aromatic nitrogens is 4. The molecule has 240 valence electrons. The van der Waals surface area contributed by atoms with Gasteiger partial charge in [0.05, 0.1) is 44.5 Å². The van der Waals surface area contributed by atoms with Crippen molar-refractivity contribution >= 4 is 76.7 Å². The highest BCUT2D eigenvalue weighted by Crippen LogP contribution is 2.39. The number of fused-ring (bicyclic) bond motifs is 9. The van der Waals surface area contributed by atoms with Crippen LogP contribution in [0, 0.1) is 0 Å². The zero-order chi connectivity index (χ0) is 33.5. The largest absolute Gasteiger partial charge is 0.313 e. The first-order chi connectivity index (χ1) is 25.3. The zero-order valence-electron chi connectivity index (χ0n) is 27.9. The summed E-state index contributed by atoms with van der Waals surface area (Å²) >= 11 is 0. The van der Waals surface area contributed by atoms with Gasteiger partial charge in [-0.2, -0.15) is 0 Å². The first kappa shape index (κ1) is 28.2. The Morgan fingerprint density at radius 2 is 0.765 bits per heavy atom. The molecule has 4 aromatic heterocycles. The lowest BCUT2D eigenvalue weighted by Gasteiger charge is -2.19. The van der Waals surface area contributed by atoms with Gasteiger partial charge in [-0.05, 0) is 67.0 Å². The molecular formula is C47H32N4. The first-order valence-corrected chi connectivity index (χ1v) is 17.7. The van der Waals surface area contributed by atoms with Crippen LogP contribution in [0.15, 0.2) is 170 Å². The molecule has 0 atom stereocenters. The number of rotatable bonds is 4. The standard InChI is InChI=1S/C47H32N4/c1-7-19-41-34(13-1)35-14-2-8-20-42(35)49(41)32-27-25-31(26-28-32)40-29-33(50-43-21-9-3-15-36(43)37-16-4-10-22-44(37)50)30-47(48-40)51-45-23-11-5-17-38(45)39-18-6-12-24-46(39)51/h1-25,27,29-30H,26,28H2. The molecular weight excluding hydrogens is 621 g/mol. The Bertz CT molecular complexity index is 2800. The molecule has 4 heteroatoms. The summed E-state index contributed by atoms with van der Waals surface area (Å²) in [5.41, 5.74) is 11.8. The second-order valence-corrected chi connectivity index (χ2v) is 13.5. The van der Waals surface area contributed by atoms with Crippen molar-refractivity contribution in [3.8, 4) is 11.5 Å². The Morgan fingerprint density at radius 3 is 1.18 bits per heavy atom. The zero-order valence-corrected chi connectivity index (χ0v) is 27.9. The van der Waals surface area contributed by atoms with Crippen molar-refractivity contribution in [2.45, 2.75) is 12.8 Å². The monoisotopic (exact) mass is 652 g/mol. The molecule has 4 heterocycles. The highest BCUT2D eigenvalue weighted by atomic mass is 15.1. The average molecular weight is 653 g/mol. The number of hydrogen-bond donors (Lipinski definition) is 0. The summed E-state index contributed by atoms with van der Waals surface area (Å²) in [6, 6.07) is 56.9. The second-order valence-electron chi connectivity index (χ2n) is 13.5. The van der Waals surface area contributed by atoms with Crippen LogP contribution < -0.4 is 0 Å². The smallest absolute Gasteiger partial charge is 0.140 e. The van der Waals surface area contributed by atoms with E-state index in [2.05, 4.69) is 184 Å². The highest BCUT2D eigenvalue weighted by Gasteiger charge is 2.21. The van der Waals surface area contributed by atoms with Crippen LogP contribution in [0.1, 0.15) is 18.5 Å². The van der Waals surface area contributed by atoms with Gasteiger partial charge < -0.3 is 9.13 Å². The molecule has 0 unspecified atom stereocenters. The summed E-state index contributed by atoms with van der Waals surface area (Å²) in [6.45, 7) is 0. The quantitative estimate of drug-likeness (QED) is 0.186. The Hall–Kier alpha value is -6.65. The van der Waals surface area contributed by atoms with Gasteiger partial charge in [-0.1, -0.05) is 115 Å². The molecule has 4 nitrogen and oxygen atoms in total. The van der Waals surface area contributed by atoms with Crippen molar-refractivity contribution in [3.63, 3.8) is 0 Å². The fraction of sp³-hybridized carbons (Fsp3) is 0.0426. The van der Waals surface area contributed by atoms with Crippen molar-refractivity contribution in [1.82, 2.24) is 18.7 Å². The third kappa shape index (κ3) is 4.17. The molecule has 0 fully saturated rings. The maximum atomic E-state index is 5.50. The van der Waals surface area contributed by atoms with Crippen molar-refractivity contribution < 1.29 is 0 Å². The molecule has 51 heavy (non-hydrogen) atoms. The lowest BCUT2D eigenvalue weighted by molar-refractivity contribution is 0.973. The van der Waals surface area contributed by atoms with Gasteiger partial charge in [0, 0.05) is 44.1 Å². The van der Waals surface area contributed by atoms with Crippen LogP contribution >= 0.6 is 0 Å². The fourth-order valence-electron chi connectivity index (χ4n) is 8.54. The van der Waals surface area contributed by atoms with E-state index in [1.54, 1.807) is 0 Å². The Morgan fingerprint density at radius 1 is 0.373 bits per heavy atom. The number of para-hydroxylation sites is 6. The predicted octanol–water partition coefficient (Wildman–Crippen LogP) is 12.1. The van der Waals surface area contributed by atoms with Gasteiger partial charge in [0.1, 0.15) is 5.82 Å². The van der Waals surface area contributed by atoms with Crippen LogP contribution in [0.5, 0.6) is 0 Å². The molecule has 1 aliphatic carbocycles. The summed E-state index contributed by atoms with van der Waals surface area (Å²) in [5, 5.41) is 7.55. The SMILES string of the molecule is C1=C(c2cc(-n3c4ccccc4c4ccccc43)cc(-n3c4ccccc4c4ccccc43)n2)CCC(n2c3ccccc3c3ccccc32)=C1. The summed E-state index contributed by atoms with van der Waals surface area (Å²) < 4.78 is 7.20. The first-order valence-electron chi connectivity index (χ1n) is 17.7. The van der Waals surface area contributed by atoms with E-state index in [4.69, 9.17) is 4.98 Å². The number of benzene rings is 6. The number of pyridine rings is 1. The van der Waals surface area contributed by atoms with E-state index in [0.717, 1.165) is 41.1 Å². The average Bonchev–Trinajstić information content (AvgIpc) is 3.84. The van der Waals surface area contributed by atoms with E-state index >= 15 is 0 Å². The van der Waals surface area contributed by atoms with Gasteiger partial charge in [-0.15, -0.1) is 0 Å². The Kier molecular flexibility index (Phi) is 6.05. The molecule has 0 amide bonds. The molecule has 1 aliphatic rings. The summed E-state index contributed by atoms with van der Waals surface area (Å²) in [4.78, 5) is 5.50. The molecule has 0 bridgehead atoms. The molecule has 0 saturated carbocycles. The van der Waals surface area contributed by atoms with Crippen LogP contribution in [-0.2, 0) is 0 Å². The minimum atomic E-state index is 0.892. The van der Waals surface area contributed by atoms with Crippen LogP contribution in [0.2, 0.25) is 0 Å². The van der Waals surface area contributed by atoms with Crippen molar-refractivity contribution in [2.24, 2.45) is 0 Å². The lowest BCUT2D eigenvalue weighted by atomic mass is 9.98. The van der Waals surface area contributed by atoms with Gasteiger partial charge in [0.15, 0.2) is 0 Å². The minimum absolute atomic E-state index is 0.892. The van der Waals surface area contributed by atoms with Crippen molar-refractivity contribution in [3.05, 3.63) is 176 Å². The third-order valence-electron chi connectivity index (χ3n) is 10.8. The van der Waals surface area contributed by atoms with E-state index in [-0.39, 0.29) is 0 Å². The molecule has 10 aromatic rings.